The summed E-state index contributed by atoms with van der Waals surface area (Å²) in [5.74, 6) is -6.43. The molecule has 0 fully saturated rings. The molecule has 0 saturated heterocycles. The maximum absolute atomic E-state index is 13.6. The van der Waals surface area contributed by atoms with Gasteiger partial charge in [0.1, 0.15) is 0 Å². The molecule has 0 bridgehead atoms. The van der Waals surface area contributed by atoms with Crippen molar-refractivity contribution in [3.63, 3.8) is 0 Å². The zero-order chi connectivity index (χ0) is 27.1. The van der Waals surface area contributed by atoms with E-state index in [1.807, 2.05) is 0 Å². The van der Waals surface area contributed by atoms with Crippen LogP contribution in [0.2, 0.25) is 0 Å². The molecular formula is C28H12F4N2O4Ti. The number of nitrogens with zero attached hydrogens (tertiary/aromatic N) is 2. The second kappa shape index (κ2) is 10.8. The summed E-state index contributed by atoms with van der Waals surface area (Å²) in [6, 6.07) is 20.0. The predicted molar refractivity (Wildman–Crippen MR) is 126 cm³/mol. The van der Waals surface area contributed by atoms with Gasteiger partial charge < -0.3 is 0 Å². The smallest absolute Gasteiger partial charge is 0.295 e. The third-order valence-corrected chi connectivity index (χ3v) is 5.75. The molecule has 39 heavy (non-hydrogen) atoms. The van der Waals surface area contributed by atoms with Gasteiger partial charge in [0, 0.05) is 23.3 Å². The van der Waals surface area contributed by atoms with Crippen LogP contribution in [0.4, 0.5) is 28.9 Å². The van der Waals surface area contributed by atoms with Gasteiger partial charge >= 0.3 is 21.7 Å². The molecule has 0 atom stereocenters. The molecule has 2 heterocycles. The number of amides is 4. The first-order chi connectivity index (χ1) is 18.2. The van der Waals surface area contributed by atoms with Crippen LogP contribution in [0.25, 0.3) is 0 Å². The molecular weight excluding hydrogens is 552 g/mol. The van der Waals surface area contributed by atoms with Crippen LogP contribution in [-0.4, -0.2) is 23.6 Å². The van der Waals surface area contributed by atoms with E-state index in [2.05, 4.69) is 0 Å². The van der Waals surface area contributed by atoms with Gasteiger partial charge in [-0.15, -0.1) is 36.4 Å². The van der Waals surface area contributed by atoms with Gasteiger partial charge in [-0.1, -0.05) is 24.3 Å². The molecule has 0 saturated carbocycles. The zero-order valence-electron chi connectivity index (χ0n) is 19.5. The quantitative estimate of drug-likeness (QED) is 0.147. The van der Waals surface area contributed by atoms with Gasteiger partial charge in [-0.3, -0.25) is 29.0 Å². The Morgan fingerprint density at radius 2 is 0.744 bits per heavy atom. The maximum Gasteiger partial charge on any atom is 2.00 e. The second-order valence-electron chi connectivity index (χ2n) is 7.99. The van der Waals surface area contributed by atoms with Crippen LogP contribution in [-0.2, 0) is 21.7 Å². The summed E-state index contributed by atoms with van der Waals surface area (Å²) in [4.78, 5) is 49.7. The summed E-state index contributed by atoms with van der Waals surface area (Å²) in [6.07, 6.45) is 0. The fraction of sp³-hybridized carbons (Fsp3) is 0. The maximum atomic E-state index is 13.6. The van der Waals surface area contributed by atoms with E-state index in [0.717, 1.165) is 24.3 Å². The first kappa shape index (κ1) is 27.6. The van der Waals surface area contributed by atoms with E-state index in [4.69, 9.17) is 0 Å². The van der Waals surface area contributed by atoms with Crippen LogP contribution in [0.15, 0.2) is 72.8 Å². The zero-order valence-corrected chi connectivity index (χ0v) is 21.0. The minimum Gasteiger partial charge on any atom is -0.295 e. The van der Waals surface area contributed by atoms with E-state index in [-0.39, 0.29) is 55.3 Å². The molecule has 6 nitrogen and oxygen atoms in total. The Morgan fingerprint density at radius 3 is 1.00 bits per heavy atom. The van der Waals surface area contributed by atoms with Gasteiger partial charge in [-0.05, 0) is 35.6 Å². The van der Waals surface area contributed by atoms with Crippen LogP contribution >= 0.6 is 0 Å². The third-order valence-electron chi connectivity index (χ3n) is 5.75. The number of carbonyl (C=O) groups is 4. The molecule has 4 aromatic carbocycles. The topological polar surface area (TPSA) is 74.8 Å². The Kier molecular flexibility index (Phi) is 7.62. The largest absolute Gasteiger partial charge is 2.00 e. The number of hydrogen-bond donors (Lipinski definition) is 0. The Hall–Kier alpha value is -4.41. The molecule has 0 N–H and O–H groups in total. The Morgan fingerprint density at radius 1 is 0.462 bits per heavy atom. The van der Waals surface area contributed by atoms with Crippen molar-refractivity contribution in [2.45, 2.75) is 0 Å². The molecule has 11 heteroatoms. The van der Waals surface area contributed by atoms with Crippen molar-refractivity contribution in [2.24, 2.45) is 0 Å². The van der Waals surface area contributed by atoms with Gasteiger partial charge in [-0.2, -0.15) is 0 Å². The first-order valence-corrected chi connectivity index (χ1v) is 10.9. The first-order valence-electron chi connectivity index (χ1n) is 10.9. The van der Waals surface area contributed by atoms with Gasteiger partial charge in [0.15, 0.2) is 0 Å². The summed E-state index contributed by atoms with van der Waals surface area (Å²) >= 11 is 0. The fourth-order valence-corrected chi connectivity index (χ4v) is 4.03. The molecule has 4 aromatic rings. The van der Waals surface area contributed by atoms with E-state index >= 15 is 0 Å². The molecule has 4 amide bonds. The third kappa shape index (κ3) is 4.80. The second-order valence-corrected chi connectivity index (χ2v) is 7.99. The Balaban J connectivity index is 0.000000176. The number of halogens is 4. The van der Waals surface area contributed by atoms with Gasteiger partial charge in [0.25, 0.3) is 23.6 Å². The Labute approximate surface area is 233 Å². The molecule has 2 aliphatic rings. The van der Waals surface area contributed by atoms with E-state index in [0.29, 0.717) is 9.80 Å². The summed E-state index contributed by atoms with van der Waals surface area (Å²) in [5.41, 5.74) is 0.222. The molecule has 190 valence electrons. The van der Waals surface area contributed by atoms with E-state index in [1.54, 1.807) is 36.4 Å². The molecule has 0 aliphatic carbocycles. The molecule has 0 spiro atoms. The van der Waals surface area contributed by atoms with Crippen molar-refractivity contribution in [3.8, 4) is 0 Å². The van der Waals surface area contributed by atoms with E-state index in [9.17, 15) is 36.7 Å². The molecule has 0 radical (unpaired) electrons. The monoisotopic (exact) mass is 564 g/mol. The number of rotatable bonds is 2. The normalized spacial score (nSPS) is 13.5. The van der Waals surface area contributed by atoms with Crippen molar-refractivity contribution >= 4 is 35.0 Å². The van der Waals surface area contributed by atoms with Crippen molar-refractivity contribution < 1.29 is 58.5 Å². The summed E-state index contributed by atoms with van der Waals surface area (Å²) in [5, 5.41) is 0. The SMILES string of the molecule is O=C1c2ccccc2C(=O)N1c1ccc(F)[c-]c1F.O=C1c2ccccc2C(=O)N1c1ccc(F)[c-]c1F.[Ti+2]. The number of benzene rings is 4. The summed E-state index contributed by atoms with van der Waals surface area (Å²) in [7, 11) is 0. The van der Waals surface area contributed by atoms with Crippen LogP contribution in [0, 0.1) is 35.4 Å². The van der Waals surface area contributed by atoms with Crippen molar-refractivity contribution in [1.29, 1.82) is 0 Å². The number of imide groups is 2. The average molecular weight is 564 g/mol. The summed E-state index contributed by atoms with van der Waals surface area (Å²) in [6.45, 7) is 0. The van der Waals surface area contributed by atoms with E-state index < -0.39 is 46.9 Å². The van der Waals surface area contributed by atoms with Crippen molar-refractivity contribution in [1.82, 2.24) is 0 Å². The molecule has 6 rings (SSSR count). The standard InChI is InChI=1S/2C14H6F2NO2.Ti/c2*15-8-5-6-12(11(16)7-8)17-13(18)9-3-1-2-4-10(9)14(17)19;/h2*1-6H;/q2*-1;+2. The van der Waals surface area contributed by atoms with Crippen LogP contribution in [0.1, 0.15) is 41.4 Å². The minimum atomic E-state index is -1.07. The molecule has 2 aliphatic heterocycles. The van der Waals surface area contributed by atoms with Gasteiger partial charge in [0.05, 0.1) is 22.3 Å². The molecule has 0 unspecified atom stereocenters. The Bertz CT molecular complexity index is 1480. The minimum absolute atomic E-state index is 0. The number of fused-ring (bicyclic) bond motifs is 2. The number of anilines is 2. The van der Waals surface area contributed by atoms with Crippen molar-refractivity contribution in [3.05, 3.63) is 130 Å². The van der Waals surface area contributed by atoms with Crippen LogP contribution in [0.5, 0.6) is 0 Å². The van der Waals surface area contributed by atoms with Crippen LogP contribution in [0.3, 0.4) is 0 Å². The fourth-order valence-electron chi connectivity index (χ4n) is 4.03. The predicted octanol–water partition coefficient (Wildman–Crippen LogP) is 5.13. The number of hydrogen-bond acceptors (Lipinski definition) is 4. The average Bonchev–Trinajstić information content (AvgIpc) is 3.30. The number of carbonyl (C=O) groups excluding carboxylic acids is 4. The van der Waals surface area contributed by atoms with Gasteiger partial charge in [0.2, 0.25) is 0 Å². The van der Waals surface area contributed by atoms with Crippen molar-refractivity contribution in [2.75, 3.05) is 9.80 Å². The van der Waals surface area contributed by atoms with E-state index in [1.165, 1.54) is 24.3 Å². The van der Waals surface area contributed by atoms with Crippen LogP contribution < -0.4 is 9.80 Å². The molecule has 0 aromatic heterocycles. The van der Waals surface area contributed by atoms with Gasteiger partial charge in [-0.25, -0.2) is 17.6 Å². The summed E-state index contributed by atoms with van der Waals surface area (Å²) < 4.78 is 52.9.